The van der Waals surface area contributed by atoms with Crippen LogP contribution in [0.5, 0.6) is 11.5 Å². The predicted molar refractivity (Wildman–Crippen MR) is 97.3 cm³/mol. The zero-order valence-corrected chi connectivity index (χ0v) is 15.6. The Bertz CT molecular complexity index is 795. The summed E-state index contributed by atoms with van der Waals surface area (Å²) in [6.45, 7) is 1.25. The highest BCUT2D eigenvalue weighted by atomic mass is 32.1. The van der Waals surface area contributed by atoms with E-state index < -0.39 is 12.0 Å². The van der Waals surface area contributed by atoms with Crippen LogP contribution in [0.3, 0.4) is 0 Å². The number of rotatable bonds is 7. The Morgan fingerprint density at radius 1 is 1.41 bits per heavy atom. The summed E-state index contributed by atoms with van der Waals surface area (Å²) in [5.74, 6) is -0.286. The van der Waals surface area contributed by atoms with Crippen LogP contribution in [0.25, 0.3) is 0 Å². The third kappa shape index (κ3) is 4.75. The summed E-state index contributed by atoms with van der Waals surface area (Å²) >= 11 is 1.49. The van der Waals surface area contributed by atoms with E-state index in [0.29, 0.717) is 36.8 Å². The monoisotopic (exact) mass is 392 g/mol. The largest absolute Gasteiger partial charge is 0.493 e. The summed E-state index contributed by atoms with van der Waals surface area (Å²) in [4.78, 5) is 29.6. The molecule has 8 nitrogen and oxygen atoms in total. The van der Waals surface area contributed by atoms with Gasteiger partial charge in [0.2, 0.25) is 0 Å². The van der Waals surface area contributed by atoms with E-state index in [0.717, 1.165) is 5.69 Å². The number of carboxylic acids is 1. The number of carbonyl (C=O) groups is 2. The molecule has 1 aromatic heterocycles. The van der Waals surface area contributed by atoms with Crippen molar-refractivity contribution in [2.45, 2.75) is 19.1 Å². The summed E-state index contributed by atoms with van der Waals surface area (Å²) in [5.41, 5.74) is 2.95. The molecule has 1 aliphatic rings. The summed E-state index contributed by atoms with van der Waals surface area (Å²) in [5, 5.41) is 11.0. The molecule has 0 saturated carbocycles. The summed E-state index contributed by atoms with van der Waals surface area (Å²) in [6.07, 6.45) is -0.155. The van der Waals surface area contributed by atoms with Crippen LogP contribution in [0.1, 0.15) is 22.5 Å². The minimum absolute atomic E-state index is 0.155. The van der Waals surface area contributed by atoms with Crippen LogP contribution in [0.4, 0.5) is 0 Å². The number of hydrogen-bond acceptors (Lipinski definition) is 7. The lowest BCUT2D eigenvalue weighted by atomic mass is 10.1. The minimum atomic E-state index is -0.966. The molecule has 3 rings (SSSR count). The van der Waals surface area contributed by atoms with Crippen molar-refractivity contribution in [2.24, 2.45) is 0 Å². The number of aliphatic carboxylic acids is 1. The Morgan fingerprint density at radius 3 is 2.96 bits per heavy atom. The second-order valence-electron chi connectivity index (χ2n) is 5.96. The van der Waals surface area contributed by atoms with Crippen molar-refractivity contribution in [2.75, 3.05) is 26.9 Å². The van der Waals surface area contributed by atoms with Gasteiger partial charge in [0.05, 0.1) is 44.0 Å². The number of nitrogens with zero attached hydrogens (tertiary/aromatic N) is 2. The van der Waals surface area contributed by atoms with Crippen LogP contribution in [0.2, 0.25) is 0 Å². The van der Waals surface area contributed by atoms with Crippen LogP contribution < -0.4 is 9.47 Å². The third-order valence-corrected chi connectivity index (χ3v) is 4.80. The molecule has 1 amide bonds. The van der Waals surface area contributed by atoms with Crippen LogP contribution in [0, 0.1) is 0 Å². The molecule has 9 heteroatoms. The smallest absolute Gasteiger partial charge is 0.305 e. The fraction of sp³-hybridized carbons (Fsp3) is 0.389. The van der Waals surface area contributed by atoms with E-state index in [1.807, 2.05) is 5.38 Å². The van der Waals surface area contributed by atoms with Gasteiger partial charge >= 0.3 is 5.97 Å². The van der Waals surface area contributed by atoms with Crippen molar-refractivity contribution in [3.63, 3.8) is 0 Å². The summed E-state index contributed by atoms with van der Waals surface area (Å²) < 4.78 is 16.4. The zero-order valence-electron chi connectivity index (χ0n) is 14.8. The van der Waals surface area contributed by atoms with Gasteiger partial charge < -0.3 is 24.2 Å². The van der Waals surface area contributed by atoms with Gasteiger partial charge in [0.1, 0.15) is 6.61 Å². The van der Waals surface area contributed by atoms with Crippen molar-refractivity contribution < 1.29 is 28.9 Å². The molecule has 1 unspecified atom stereocenters. The van der Waals surface area contributed by atoms with Gasteiger partial charge in [-0.3, -0.25) is 9.59 Å². The van der Waals surface area contributed by atoms with E-state index in [4.69, 9.17) is 19.3 Å². The first-order valence-electron chi connectivity index (χ1n) is 8.37. The Kier molecular flexibility index (Phi) is 6.25. The Balaban J connectivity index is 1.75. The van der Waals surface area contributed by atoms with Gasteiger partial charge in [-0.15, -0.1) is 11.3 Å². The lowest BCUT2D eigenvalue weighted by Crippen LogP contribution is -2.49. The van der Waals surface area contributed by atoms with Crippen molar-refractivity contribution in [1.82, 2.24) is 9.88 Å². The van der Waals surface area contributed by atoms with Crippen LogP contribution in [-0.4, -0.2) is 59.8 Å². The molecule has 0 bridgehead atoms. The van der Waals surface area contributed by atoms with E-state index in [1.165, 1.54) is 18.4 Å². The molecular formula is C18H20N2O6S. The maximum atomic E-state index is 12.9. The highest BCUT2D eigenvalue weighted by Gasteiger charge is 2.30. The van der Waals surface area contributed by atoms with E-state index >= 15 is 0 Å². The fourth-order valence-electron chi connectivity index (χ4n) is 2.84. The molecule has 0 spiro atoms. The van der Waals surface area contributed by atoms with E-state index in [2.05, 4.69) is 4.98 Å². The number of methoxy groups -OCH3 is 1. The number of ether oxygens (including phenoxy) is 3. The second kappa shape index (κ2) is 8.83. The molecule has 2 aromatic rings. The predicted octanol–water partition coefficient (Wildman–Crippen LogP) is 2.05. The average Bonchev–Trinajstić information content (AvgIpc) is 3.19. The van der Waals surface area contributed by atoms with Gasteiger partial charge in [-0.05, 0) is 18.2 Å². The van der Waals surface area contributed by atoms with Crippen molar-refractivity contribution >= 4 is 23.2 Å². The van der Waals surface area contributed by atoms with E-state index in [1.54, 1.807) is 28.6 Å². The number of amides is 1. The number of carboxylic acid groups (broad SMARTS) is 1. The normalized spacial score (nSPS) is 16.8. The third-order valence-electron chi connectivity index (χ3n) is 4.17. The number of hydrogen-bond donors (Lipinski definition) is 1. The van der Waals surface area contributed by atoms with Gasteiger partial charge in [-0.1, -0.05) is 0 Å². The van der Waals surface area contributed by atoms with E-state index in [9.17, 15) is 9.59 Å². The SMILES string of the molecule is COc1cc(C(=O)N2CCOCC2CC(=O)O)ccc1OCc1cscn1. The Labute approximate surface area is 160 Å². The maximum Gasteiger partial charge on any atom is 0.305 e. The topological polar surface area (TPSA) is 98.2 Å². The summed E-state index contributed by atoms with van der Waals surface area (Å²) in [6, 6.07) is 4.43. The molecule has 1 aromatic carbocycles. The van der Waals surface area contributed by atoms with Crippen molar-refractivity contribution in [3.8, 4) is 11.5 Å². The number of benzene rings is 1. The molecule has 2 heterocycles. The Hall–Kier alpha value is -2.65. The first-order valence-corrected chi connectivity index (χ1v) is 9.31. The molecule has 144 valence electrons. The molecule has 0 radical (unpaired) electrons. The molecule has 1 fully saturated rings. The van der Waals surface area contributed by atoms with E-state index in [-0.39, 0.29) is 18.9 Å². The molecule has 0 aliphatic carbocycles. The fourth-order valence-corrected chi connectivity index (χ4v) is 3.38. The molecule has 1 atom stereocenters. The molecular weight excluding hydrogens is 372 g/mol. The average molecular weight is 392 g/mol. The first-order chi connectivity index (χ1) is 13.1. The van der Waals surface area contributed by atoms with Crippen LogP contribution in [-0.2, 0) is 16.1 Å². The van der Waals surface area contributed by atoms with Crippen LogP contribution in [0.15, 0.2) is 29.1 Å². The molecule has 1 saturated heterocycles. The van der Waals surface area contributed by atoms with Gasteiger partial charge in [0.25, 0.3) is 5.91 Å². The lowest BCUT2D eigenvalue weighted by Gasteiger charge is -2.35. The number of thiazole rings is 1. The molecule has 1 N–H and O–H groups in total. The van der Waals surface area contributed by atoms with Crippen molar-refractivity contribution in [3.05, 3.63) is 40.3 Å². The quantitative estimate of drug-likeness (QED) is 0.770. The van der Waals surface area contributed by atoms with Gasteiger partial charge in [0, 0.05) is 17.5 Å². The zero-order chi connectivity index (χ0) is 19.2. The standard InChI is InChI=1S/C18H20N2O6S/c1-24-16-6-12(2-3-15(16)26-8-13-10-27-11-19-13)18(23)20-4-5-25-9-14(20)7-17(21)22/h2-3,6,10-11,14H,4-5,7-9H2,1H3,(H,21,22). The first kappa shape index (κ1) is 19.1. The van der Waals surface area contributed by atoms with Gasteiger partial charge in [0.15, 0.2) is 11.5 Å². The highest BCUT2D eigenvalue weighted by Crippen LogP contribution is 2.30. The maximum absolute atomic E-state index is 12.9. The minimum Gasteiger partial charge on any atom is -0.493 e. The Morgan fingerprint density at radius 2 is 2.26 bits per heavy atom. The van der Waals surface area contributed by atoms with Crippen LogP contribution >= 0.6 is 11.3 Å². The number of carbonyl (C=O) groups excluding carboxylic acids is 1. The molecule has 1 aliphatic heterocycles. The van der Waals surface area contributed by atoms with Gasteiger partial charge in [-0.2, -0.15) is 0 Å². The molecule has 27 heavy (non-hydrogen) atoms. The second-order valence-corrected chi connectivity index (χ2v) is 6.68. The summed E-state index contributed by atoms with van der Waals surface area (Å²) in [7, 11) is 1.50. The lowest BCUT2D eigenvalue weighted by molar-refractivity contribution is -0.139. The van der Waals surface area contributed by atoms with Crippen molar-refractivity contribution in [1.29, 1.82) is 0 Å². The highest BCUT2D eigenvalue weighted by molar-refractivity contribution is 7.07. The number of morpholine rings is 1. The number of aromatic nitrogens is 1. The van der Waals surface area contributed by atoms with Gasteiger partial charge in [-0.25, -0.2) is 4.98 Å².